The van der Waals surface area contributed by atoms with E-state index in [1.54, 1.807) is 0 Å². The van der Waals surface area contributed by atoms with Gasteiger partial charge in [-0.2, -0.15) is 0 Å². The highest BCUT2D eigenvalue weighted by molar-refractivity contribution is 6.19. The van der Waals surface area contributed by atoms with Crippen molar-refractivity contribution in [3.05, 3.63) is 0 Å². The Morgan fingerprint density at radius 1 is 1.05 bits per heavy atom. The third kappa shape index (κ3) is 1.86. The van der Waals surface area contributed by atoms with Gasteiger partial charge >= 0.3 is 6.03 Å². The van der Waals surface area contributed by atoms with E-state index < -0.39 is 11.4 Å². The Labute approximate surface area is 119 Å². The van der Waals surface area contributed by atoms with Crippen molar-refractivity contribution in [1.29, 1.82) is 0 Å². The van der Waals surface area contributed by atoms with Crippen molar-refractivity contribution in [3.8, 4) is 0 Å². The molecule has 1 spiro atoms. The smallest absolute Gasteiger partial charge is 0.277 e. The third-order valence-corrected chi connectivity index (χ3v) is 5.36. The van der Waals surface area contributed by atoms with Gasteiger partial charge in [-0.25, -0.2) is 4.79 Å². The number of imide groups is 2. The summed E-state index contributed by atoms with van der Waals surface area (Å²) in [6.07, 6.45) is 7.34. The molecule has 1 heterocycles. The number of rotatable bonds is 1. The largest absolute Gasteiger partial charge is 0.331 e. The zero-order chi connectivity index (χ0) is 14.3. The number of carbonyl (C=O) groups is 3. The number of barbiturate groups is 1. The molecule has 0 aromatic rings. The molecule has 2 atom stereocenters. The first-order chi connectivity index (χ1) is 9.56. The molecule has 1 saturated heterocycles. The molecular weight excluding hydrogens is 256 g/mol. The number of hydrogen-bond acceptors (Lipinski definition) is 3. The van der Waals surface area contributed by atoms with E-state index in [0.29, 0.717) is 18.8 Å². The molecule has 1 N–H and O–H groups in total. The van der Waals surface area contributed by atoms with Gasteiger partial charge in [-0.15, -0.1) is 0 Å². The summed E-state index contributed by atoms with van der Waals surface area (Å²) in [4.78, 5) is 38.3. The van der Waals surface area contributed by atoms with Crippen molar-refractivity contribution in [2.45, 2.75) is 64.3 Å². The quantitative estimate of drug-likeness (QED) is 0.590. The summed E-state index contributed by atoms with van der Waals surface area (Å²) in [5, 5.41) is 2.42. The Morgan fingerprint density at radius 2 is 1.75 bits per heavy atom. The average molecular weight is 278 g/mol. The number of carbonyl (C=O) groups excluding carboxylic acids is 3. The van der Waals surface area contributed by atoms with Gasteiger partial charge in [-0.05, 0) is 31.6 Å². The first-order valence-corrected chi connectivity index (χ1v) is 7.75. The predicted molar refractivity (Wildman–Crippen MR) is 72.7 cm³/mol. The van der Waals surface area contributed by atoms with Crippen LogP contribution in [0.4, 0.5) is 4.79 Å². The van der Waals surface area contributed by atoms with Gasteiger partial charge in [0, 0.05) is 6.04 Å². The molecule has 3 aliphatic rings. The van der Waals surface area contributed by atoms with Crippen molar-refractivity contribution in [3.63, 3.8) is 0 Å². The normalized spacial score (nSPS) is 33.6. The van der Waals surface area contributed by atoms with Crippen LogP contribution >= 0.6 is 0 Å². The second-order valence-corrected chi connectivity index (χ2v) is 6.55. The van der Waals surface area contributed by atoms with E-state index in [1.807, 2.05) is 0 Å². The SMILES string of the molecule is CC1CCCCCC1N1C(=O)NC(=O)C2(CCC2)C1=O. The number of nitrogens with one attached hydrogen (secondary N) is 1. The van der Waals surface area contributed by atoms with E-state index >= 15 is 0 Å². The summed E-state index contributed by atoms with van der Waals surface area (Å²) < 4.78 is 0. The van der Waals surface area contributed by atoms with Crippen molar-refractivity contribution in [2.24, 2.45) is 11.3 Å². The Kier molecular flexibility index (Phi) is 3.30. The van der Waals surface area contributed by atoms with Crippen LogP contribution in [0.3, 0.4) is 0 Å². The summed E-state index contributed by atoms with van der Waals surface area (Å²) in [6.45, 7) is 2.11. The van der Waals surface area contributed by atoms with Gasteiger partial charge in [0.25, 0.3) is 0 Å². The van der Waals surface area contributed by atoms with E-state index in [0.717, 1.165) is 38.5 Å². The Morgan fingerprint density at radius 3 is 2.40 bits per heavy atom. The third-order valence-electron chi connectivity index (χ3n) is 5.36. The molecule has 0 radical (unpaired) electrons. The Bertz CT molecular complexity index is 456. The van der Waals surface area contributed by atoms with E-state index in [2.05, 4.69) is 12.2 Å². The minimum absolute atomic E-state index is 0.0458. The van der Waals surface area contributed by atoms with Gasteiger partial charge in [-0.1, -0.05) is 32.6 Å². The second kappa shape index (κ2) is 4.86. The maximum atomic E-state index is 12.8. The summed E-state index contributed by atoms with van der Waals surface area (Å²) in [6, 6.07) is -0.549. The van der Waals surface area contributed by atoms with Crippen LogP contribution < -0.4 is 5.32 Å². The highest BCUT2D eigenvalue weighted by Gasteiger charge is 2.58. The van der Waals surface area contributed by atoms with Gasteiger partial charge in [-0.3, -0.25) is 19.8 Å². The number of hydrogen-bond donors (Lipinski definition) is 1. The van der Waals surface area contributed by atoms with Crippen molar-refractivity contribution in [2.75, 3.05) is 0 Å². The average Bonchev–Trinajstić information content (AvgIpc) is 2.53. The summed E-state index contributed by atoms with van der Waals surface area (Å²) >= 11 is 0. The van der Waals surface area contributed by atoms with Crippen molar-refractivity contribution >= 4 is 17.8 Å². The van der Waals surface area contributed by atoms with E-state index in [1.165, 1.54) is 4.90 Å². The minimum Gasteiger partial charge on any atom is -0.277 e. The van der Waals surface area contributed by atoms with Gasteiger partial charge in [0.15, 0.2) is 0 Å². The maximum Gasteiger partial charge on any atom is 0.331 e. The first-order valence-electron chi connectivity index (χ1n) is 7.75. The molecule has 20 heavy (non-hydrogen) atoms. The van der Waals surface area contributed by atoms with E-state index in [-0.39, 0.29) is 17.9 Å². The van der Waals surface area contributed by atoms with Crippen LogP contribution in [0, 0.1) is 11.3 Å². The fraction of sp³-hybridized carbons (Fsp3) is 0.800. The highest BCUT2D eigenvalue weighted by atomic mass is 16.2. The maximum absolute atomic E-state index is 12.8. The monoisotopic (exact) mass is 278 g/mol. The second-order valence-electron chi connectivity index (χ2n) is 6.55. The molecule has 3 fully saturated rings. The lowest BCUT2D eigenvalue weighted by atomic mass is 9.66. The molecule has 2 aliphatic carbocycles. The minimum atomic E-state index is -0.931. The van der Waals surface area contributed by atoms with E-state index in [4.69, 9.17) is 0 Å². The standard InChI is InChI=1S/C15H22N2O3/c1-10-6-3-2-4-7-11(10)17-13(19)15(8-5-9-15)12(18)16-14(17)20/h10-11H,2-9H2,1H3,(H,16,18,20). The molecule has 1 aliphatic heterocycles. The van der Waals surface area contributed by atoms with Gasteiger partial charge in [0.05, 0.1) is 0 Å². The van der Waals surface area contributed by atoms with Crippen LogP contribution in [0.25, 0.3) is 0 Å². The van der Waals surface area contributed by atoms with Crippen LogP contribution in [0.1, 0.15) is 58.3 Å². The van der Waals surface area contributed by atoms with Crippen LogP contribution in [0.5, 0.6) is 0 Å². The molecule has 4 amide bonds. The molecule has 5 heteroatoms. The molecule has 5 nitrogen and oxygen atoms in total. The van der Waals surface area contributed by atoms with Crippen molar-refractivity contribution in [1.82, 2.24) is 10.2 Å². The van der Waals surface area contributed by atoms with Crippen LogP contribution in [-0.4, -0.2) is 28.8 Å². The molecule has 2 saturated carbocycles. The molecule has 3 rings (SSSR count). The lowest BCUT2D eigenvalue weighted by Gasteiger charge is -2.47. The van der Waals surface area contributed by atoms with Crippen LogP contribution in [0.15, 0.2) is 0 Å². The summed E-state index contributed by atoms with van der Waals surface area (Å²) in [7, 11) is 0. The molecule has 0 bridgehead atoms. The first kappa shape index (κ1) is 13.6. The fourth-order valence-corrected chi connectivity index (χ4v) is 3.83. The predicted octanol–water partition coefficient (Wildman–Crippen LogP) is 2.20. The summed E-state index contributed by atoms with van der Waals surface area (Å²) in [5.74, 6) is -0.301. The molecule has 0 aromatic carbocycles. The van der Waals surface area contributed by atoms with Crippen LogP contribution in [-0.2, 0) is 9.59 Å². The van der Waals surface area contributed by atoms with Crippen molar-refractivity contribution < 1.29 is 14.4 Å². The zero-order valence-electron chi connectivity index (χ0n) is 12.0. The molecule has 2 unspecified atom stereocenters. The Balaban J connectivity index is 1.88. The van der Waals surface area contributed by atoms with Crippen LogP contribution in [0.2, 0.25) is 0 Å². The number of nitrogens with zero attached hydrogens (tertiary/aromatic N) is 1. The number of amides is 4. The van der Waals surface area contributed by atoms with E-state index in [9.17, 15) is 14.4 Å². The number of urea groups is 1. The van der Waals surface area contributed by atoms with Gasteiger partial charge in [0.1, 0.15) is 5.41 Å². The Hall–Kier alpha value is -1.39. The lowest BCUT2D eigenvalue weighted by molar-refractivity contribution is -0.160. The summed E-state index contributed by atoms with van der Waals surface area (Å²) in [5.41, 5.74) is -0.931. The topological polar surface area (TPSA) is 66.5 Å². The zero-order valence-corrected chi connectivity index (χ0v) is 12.0. The molecule has 110 valence electrons. The van der Waals surface area contributed by atoms with Gasteiger partial charge in [0.2, 0.25) is 11.8 Å². The highest BCUT2D eigenvalue weighted by Crippen LogP contribution is 2.45. The lowest BCUT2D eigenvalue weighted by Crippen LogP contribution is -2.68. The fourth-order valence-electron chi connectivity index (χ4n) is 3.83. The molecular formula is C15H22N2O3. The molecule has 0 aromatic heterocycles. The van der Waals surface area contributed by atoms with Gasteiger partial charge < -0.3 is 0 Å².